The van der Waals surface area contributed by atoms with E-state index in [1.807, 2.05) is 18.2 Å². The van der Waals surface area contributed by atoms with E-state index in [2.05, 4.69) is 25.1 Å². The molecule has 1 aromatic carbocycles. The molecule has 1 heteroatoms. The molecular weight excluding hydrogens is 170 g/mol. The van der Waals surface area contributed by atoms with Crippen LogP contribution in [0.2, 0.25) is 0 Å². The van der Waals surface area contributed by atoms with Crippen molar-refractivity contribution in [2.75, 3.05) is 5.73 Å². The monoisotopic (exact) mass is 185 g/mol. The number of nitrogens with two attached hydrogens (primary N) is 1. The first-order valence-corrected chi connectivity index (χ1v) is 5.00. The summed E-state index contributed by atoms with van der Waals surface area (Å²) in [4.78, 5) is 0. The van der Waals surface area contributed by atoms with E-state index in [9.17, 15) is 0 Å². The van der Waals surface area contributed by atoms with E-state index < -0.39 is 0 Å². The predicted octanol–water partition coefficient (Wildman–Crippen LogP) is 3.39. The summed E-state index contributed by atoms with van der Waals surface area (Å²) in [6.45, 7) is 2.15. The van der Waals surface area contributed by atoms with Crippen LogP contribution in [0.5, 0.6) is 0 Å². The Balaban J connectivity index is 2.49. The second-order valence-electron chi connectivity index (χ2n) is 3.69. The van der Waals surface area contributed by atoms with Crippen LogP contribution in [0.3, 0.4) is 0 Å². The summed E-state index contributed by atoms with van der Waals surface area (Å²) < 4.78 is 0. The van der Waals surface area contributed by atoms with E-state index in [0.717, 1.165) is 18.5 Å². The van der Waals surface area contributed by atoms with Crippen molar-refractivity contribution in [1.82, 2.24) is 0 Å². The Morgan fingerprint density at radius 1 is 1.21 bits per heavy atom. The Hall–Kier alpha value is -1.50. The van der Waals surface area contributed by atoms with Gasteiger partial charge in [-0.05, 0) is 37.0 Å². The third-order valence-corrected chi connectivity index (χ3v) is 2.69. The lowest BCUT2D eigenvalue weighted by atomic mass is 9.91. The first-order chi connectivity index (χ1) is 6.79. The first-order valence-electron chi connectivity index (χ1n) is 5.00. The molecule has 1 aliphatic rings. The molecule has 1 nitrogen and oxygen atoms in total. The van der Waals surface area contributed by atoms with Crippen LogP contribution >= 0.6 is 0 Å². The molecule has 1 aliphatic carbocycles. The highest BCUT2D eigenvalue weighted by Crippen LogP contribution is 2.31. The zero-order valence-electron chi connectivity index (χ0n) is 8.46. The van der Waals surface area contributed by atoms with E-state index in [4.69, 9.17) is 5.73 Å². The molecule has 0 bridgehead atoms. The molecule has 0 aliphatic heterocycles. The third kappa shape index (κ3) is 1.58. The van der Waals surface area contributed by atoms with Crippen LogP contribution in [-0.4, -0.2) is 0 Å². The second kappa shape index (κ2) is 3.70. The summed E-state index contributed by atoms with van der Waals surface area (Å²) in [7, 11) is 0. The molecule has 0 unspecified atom stereocenters. The van der Waals surface area contributed by atoms with Crippen molar-refractivity contribution < 1.29 is 0 Å². The van der Waals surface area contributed by atoms with E-state index in [1.165, 1.54) is 16.7 Å². The standard InChI is InChI=1S/C13H15N/c1-10-6-2-3-7-11(10)12-8-4-5-9-13(12)14/h2,4-6,8-9H,3,7,14H2,1H3. The number of anilines is 1. The van der Waals surface area contributed by atoms with Crippen molar-refractivity contribution in [3.63, 3.8) is 0 Å². The van der Waals surface area contributed by atoms with E-state index >= 15 is 0 Å². The molecule has 0 aromatic heterocycles. The Bertz CT molecular complexity index is 399. The molecule has 0 spiro atoms. The molecule has 2 N–H and O–H groups in total. The Labute approximate surface area is 84.9 Å². The Morgan fingerprint density at radius 2 is 2.00 bits per heavy atom. The van der Waals surface area contributed by atoms with Gasteiger partial charge in [0.15, 0.2) is 0 Å². The van der Waals surface area contributed by atoms with Crippen LogP contribution in [0.25, 0.3) is 5.57 Å². The second-order valence-corrected chi connectivity index (χ2v) is 3.69. The largest absolute Gasteiger partial charge is 0.398 e. The van der Waals surface area contributed by atoms with Gasteiger partial charge in [0, 0.05) is 11.3 Å². The van der Waals surface area contributed by atoms with Crippen LogP contribution in [0.1, 0.15) is 25.3 Å². The summed E-state index contributed by atoms with van der Waals surface area (Å²) in [6.07, 6.45) is 6.64. The van der Waals surface area contributed by atoms with Crippen molar-refractivity contribution >= 4 is 11.3 Å². The van der Waals surface area contributed by atoms with E-state index in [1.54, 1.807) is 0 Å². The Kier molecular flexibility index (Phi) is 2.40. The molecule has 1 aromatic rings. The van der Waals surface area contributed by atoms with E-state index in [-0.39, 0.29) is 0 Å². The van der Waals surface area contributed by atoms with Gasteiger partial charge in [-0.2, -0.15) is 0 Å². The molecule has 14 heavy (non-hydrogen) atoms. The molecule has 0 radical (unpaired) electrons. The number of nitrogen functional groups attached to an aromatic ring is 1. The zero-order valence-corrected chi connectivity index (χ0v) is 8.46. The SMILES string of the molecule is CC1=C(c2ccccc2N)CCC=C1. The van der Waals surface area contributed by atoms with Gasteiger partial charge in [-0.25, -0.2) is 0 Å². The minimum atomic E-state index is 0.886. The van der Waals surface area contributed by atoms with Crippen molar-refractivity contribution in [3.05, 3.63) is 47.6 Å². The summed E-state index contributed by atoms with van der Waals surface area (Å²) in [5.74, 6) is 0. The molecule has 0 fully saturated rings. The third-order valence-electron chi connectivity index (χ3n) is 2.69. The topological polar surface area (TPSA) is 26.0 Å². The van der Waals surface area contributed by atoms with Crippen molar-refractivity contribution in [1.29, 1.82) is 0 Å². The number of para-hydroxylation sites is 1. The average molecular weight is 185 g/mol. The van der Waals surface area contributed by atoms with Crippen LogP contribution in [0, 0.1) is 0 Å². The lowest BCUT2D eigenvalue weighted by Crippen LogP contribution is -1.97. The molecule has 0 saturated carbocycles. The maximum Gasteiger partial charge on any atom is 0.0390 e. The maximum absolute atomic E-state index is 5.96. The van der Waals surface area contributed by atoms with E-state index in [0.29, 0.717) is 0 Å². The summed E-state index contributed by atoms with van der Waals surface area (Å²) in [5, 5.41) is 0. The number of benzene rings is 1. The fourth-order valence-corrected chi connectivity index (χ4v) is 1.90. The molecule has 2 rings (SSSR count). The van der Waals surface area contributed by atoms with Gasteiger partial charge in [-0.3, -0.25) is 0 Å². The predicted molar refractivity (Wildman–Crippen MR) is 61.8 cm³/mol. The summed E-state index contributed by atoms with van der Waals surface area (Å²) in [6, 6.07) is 8.10. The minimum Gasteiger partial charge on any atom is -0.398 e. The van der Waals surface area contributed by atoms with Crippen LogP contribution in [0.4, 0.5) is 5.69 Å². The fourth-order valence-electron chi connectivity index (χ4n) is 1.90. The average Bonchev–Trinajstić information content (AvgIpc) is 2.20. The number of hydrogen-bond acceptors (Lipinski definition) is 1. The molecule has 0 atom stereocenters. The highest BCUT2D eigenvalue weighted by Gasteiger charge is 2.09. The van der Waals surface area contributed by atoms with Crippen molar-refractivity contribution in [3.8, 4) is 0 Å². The number of allylic oxidation sites excluding steroid dienone is 4. The lowest BCUT2D eigenvalue weighted by molar-refractivity contribution is 1.04. The molecule has 0 heterocycles. The van der Waals surface area contributed by atoms with Gasteiger partial charge in [-0.1, -0.05) is 30.4 Å². The van der Waals surface area contributed by atoms with Gasteiger partial charge in [0.25, 0.3) is 0 Å². The molecule has 0 amide bonds. The van der Waals surface area contributed by atoms with Gasteiger partial charge in [-0.15, -0.1) is 0 Å². The normalized spacial score (nSPS) is 16.1. The van der Waals surface area contributed by atoms with Gasteiger partial charge in [0.1, 0.15) is 0 Å². The molecule has 72 valence electrons. The van der Waals surface area contributed by atoms with Crippen LogP contribution in [0.15, 0.2) is 42.0 Å². The van der Waals surface area contributed by atoms with Gasteiger partial charge >= 0.3 is 0 Å². The fraction of sp³-hybridized carbons (Fsp3) is 0.231. The number of hydrogen-bond donors (Lipinski definition) is 1. The number of rotatable bonds is 1. The van der Waals surface area contributed by atoms with Crippen molar-refractivity contribution in [2.45, 2.75) is 19.8 Å². The molecular formula is C13H15N. The highest BCUT2D eigenvalue weighted by molar-refractivity contribution is 5.78. The summed E-state index contributed by atoms with van der Waals surface area (Å²) in [5.41, 5.74) is 10.8. The van der Waals surface area contributed by atoms with Gasteiger partial charge < -0.3 is 5.73 Å². The van der Waals surface area contributed by atoms with Crippen molar-refractivity contribution in [2.24, 2.45) is 0 Å². The lowest BCUT2D eigenvalue weighted by Gasteiger charge is -2.15. The zero-order chi connectivity index (χ0) is 9.97. The summed E-state index contributed by atoms with van der Waals surface area (Å²) >= 11 is 0. The van der Waals surface area contributed by atoms with Crippen LogP contribution < -0.4 is 5.73 Å². The van der Waals surface area contributed by atoms with Gasteiger partial charge in [0.2, 0.25) is 0 Å². The first kappa shape index (κ1) is 9.07. The molecule has 0 saturated heterocycles. The quantitative estimate of drug-likeness (QED) is 0.667. The minimum absolute atomic E-state index is 0.886. The smallest absolute Gasteiger partial charge is 0.0390 e. The Morgan fingerprint density at radius 3 is 2.71 bits per heavy atom. The highest BCUT2D eigenvalue weighted by atomic mass is 14.6. The van der Waals surface area contributed by atoms with Crippen LogP contribution in [-0.2, 0) is 0 Å². The maximum atomic E-state index is 5.96. The van der Waals surface area contributed by atoms with Gasteiger partial charge in [0.05, 0.1) is 0 Å².